The van der Waals surface area contributed by atoms with Crippen molar-refractivity contribution in [3.05, 3.63) is 10.5 Å². The Balaban J connectivity index is 3.36. The quantitative estimate of drug-likeness (QED) is 0.326. The number of aromatic hydroxyl groups is 1. The van der Waals surface area contributed by atoms with Gasteiger partial charge in [-0.15, -0.1) is 0 Å². The van der Waals surface area contributed by atoms with Crippen LogP contribution in [0.5, 0.6) is 5.88 Å². The van der Waals surface area contributed by atoms with Gasteiger partial charge < -0.3 is 14.9 Å². The van der Waals surface area contributed by atoms with Gasteiger partial charge in [0.25, 0.3) is 0 Å². The van der Waals surface area contributed by atoms with E-state index >= 15 is 0 Å². The van der Waals surface area contributed by atoms with Gasteiger partial charge in [0.15, 0.2) is 5.44 Å². The van der Waals surface area contributed by atoms with Crippen molar-refractivity contribution >= 4 is 13.0 Å². The van der Waals surface area contributed by atoms with Gasteiger partial charge in [-0.05, 0) is 0 Å². The zero-order valence-electron chi connectivity index (χ0n) is 5.11. The Morgan fingerprint density at radius 2 is 1.82 bits per heavy atom. The van der Waals surface area contributed by atoms with Gasteiger partial charge >= 0.3 is 13.3 Å². The normalized spacial score (nSPS) is 11.8. The predicted molar refractivity (Wildman–Crippen MR) is 34.8 cm³/mol. The van der Waals surface area contributed by atoms with Crippen LogP contribution < -0.4 is 11.1 Å². The molecule has 0 radical (unpaired) electrons. The summed E-state index contributed by atoms with van der Waals surface area (Å²) in [5.74, 6) is -0.830. The minimum absolute atomic E-state index is 0.789. The molecule has 0 aromatic carbocycles. The Labute approximate surface area is 59.9 Å². The fourth-order valence-electron chi connectivity index (χ4n) is 0.576. The summed E-state index contributed by atoms with van der Waals surface area (Å²) in [6.45, 7) is 0. The number of nitrogens with one attached hydrogen (secondary N) is 2. The minimum Gasteiger partial charge on any atom is -0.493 e. The van der Waals surface area contributed by atoms with Crippen LogP contribution in [0.1, 0.15) is 0 Å². The Morgan fingerprint density at radius 3 is 2.00 bits per heavy atom. The molecule has 0 saturated heterocycles. The average Bonchev–Trinajstić information content (AvgIpc) is 2.08. The topological polar surface area (TPSA) is 126 Å². The van der Waals surface area contributed by atoms with E-state index in [-0.39, 0.29) is 0 Å². The number of imidazole rings is 1. The Hall–Kier alpha value is -1.04. The van der Waals surface area contributed by atoms with Crippen LogP contribution in [-0.4, -0.2) is 24.9 Å². The van der Waals surface area contributed by atoms with Crippen molar-refractivity contribution in [3.63, 3.8) is 0 Å². The molecule has 8 heteroatoms. The molecule has 1 aromatic rings. The molecule has 5 N–H and O–H groups in total. The molecule has 0 saturated carbocycles. The minimum atomic E-state index is -4.57. The van der Waals surface area contributed by atoms with Crippen LogP contribution in [0.2, 0.25) is 0 Å². The first kappa shape index (κ1) is 8.06. The summed E-state index contributed by atoms with van der Waals surface area (Å²) in [7, 11) is -4.57. The zero-order chi connectivity index (χ0) is 8.65. The second-order valence-electron chi connectivity index (χ2n) is 1.82. The van der Waals surface area contributed by atoms with E-state index in [4.69, 9.17) is 14.9 Å². The highest BCUT2D eigenvalue weighted by molar-refractivity contribution is 7.60. The molecule has 1 heterocycles. The van der Waals surface area contributed by atoms with Crippen LogP contribution in [-0.2, 0) is 4.57 Å². The lowest BCUT2D eigenvalue weighted by Gasteiger charge is -1.97. The lowest BCUT2D eigenvalue weighted by molar-refractivity contribution is 0.383. The molecular weight excluding hydrogens is 175 g/mol. The van der Waals surface area contributed by atoms with Crippen LogP contribution in [0.25, 0.3) is 0 Å². The lowest BCUT2D eigenvalue weighted by Crippen LogP contribution is -2.10. The van der Waals surface area contributed by atoms with E-state index in [0.717, 1.165) is 0 Å². The SMILES string of the molecule is O=c1[nH]c(O)c(P(=O)(O)O)[nH]1. The van der Waals surface area contributed by atoms with E-state index in [2.05, 4.69) is 0 Å². The van der Waals surface area contributed by atoms with Crippen molar-refractivity contribution in [2.75, 3.05) is 0 Å². The van der Waals surface area contributed by atoms with Crippen molar-refractivity contribution in [2.24, 2.45) is 0 Å². The van der Waals surface area contributed by atoms with E-state index in [1.54, 1.807) is 9.97 Å². The lowest BCUT2D eigenvalue weighted by atomic mass is 10.9. The second kappa shape index (κ2) is 2.23. The summed E-state index contributed by atoms with van der Waals surface area (Å²) in [6, 6.07) is 0. The number of hydrogen-bond donors (Lipinski definition) is 5. The summed E-state index contributed by atoms with van der Waals surface area (Å²) in [5.41, 5.74) is -1.65. The van der Waals surface area contributed by atoms with Gasteiger partial charge in [0.1, 0.15) is 0 Å². The Morgan fingerprint density at radius 1 is 1.27 bits per heavy atom. The molecule has 0 unspecified atom stereocenters. The van der Waals surface area contributed by atoms with E-state index in [1.165, 1.54) is 0 Å². The van der Waals surface area contributed by atoms with Crippen molar-refractivity contribution in [1.82, 2.24) is 9.97 Å². The summed E-state index contributed by atoms with van der Waals surface area (Å²) < 4.78 is 10.4. The fraction of sp³-hybridized carbons (Fsp3) is 0. The molecule has 7 nitrogen and oxygen atoms in total. The van der Waals surface area contributed by atoms with Crippen LogP contribution in [0.3, 0.4) is 0 Å². The molecule has 0 fully saturated rings. The molecular formula is C3H5N2O5P. The van der Waals surface area contributed by atoms with Gasteiger partial charge in [-0.3, -0.25) is 14.5 Å². The molecule has 0 aliphatic carbocycles. The molecule has 0 amide bonds. The molecule has 62 valence electrons. The number of rotatable bonds is 1. The van der Waals surface area contributed by atoms with E-state index < -0.39 is 24.6 Å². The van der Waals surface area contributed by atoms with E-state index in [0.29, 0.717) is 0 Å². The van der Waals surface area contributed by atoms with Gasteiger partial charge in [-0.2, -0.15) is 0 Å². The highest BCUT2D eigenvalue weighted by atomic mass is 31.2. The standard InChI is InChI=1S/C3H5N2O5P/c6-1-2(11(8,9)10)5-3(7)4-1/h6H,(H2,4,5,7)(H2,8,9,10). The number of aromatic amines is 2. The maximum atomic E-state index is 10.4. The van der Waals surface area contributed by atoms with Crippen LogP contribution >= 0.6 is 7.60 Å². The molecule has 11 heavy (non-hydrogen) atoms. The monoisotopic (exact) mass is 180 g/mol. The maximum absolute atomic E-state index is 10.4. The summed E-state index contributed by atoms with van der Waals surface area (Å²) in [4.78, 5) is 30.8. The number of H-pyrrole nitrogens is 2. The van der Waals surface area contributed by atoms with Crippen molar-refractivity contribution in [2.45, 2.75) is 0 Å². The van der Waals surface area contributed by atoms with Crippen molar-refractivity contribution in [1.29, 1.82) is 0 Å². The molecule has 0 aliphatic heterocycles. The van der Waals surface area contributed by atoms with Crippen molar-refractivity contribution < 1.29 is 19.5 Å². The van der Waals surface area contributed by atoms with Crippen LogP contribution in [0.15, 0.2) is 4.79 Å². The molecule has 0 aliphatic rings. The molecule has 1 aromatic heterocycles. The third kappa shape index (κ3) is 1.51. The second-order valence-corrected chi connectivity index (χ2v) is 3.36. The van der Waals surface area contributed by atoms with Crippen molar-refractivity contribution in [3.8, 4) is 5.88 Å². The van der Waals surface area contributed by atoms with Crippen LogP contribution in [0, 0.1) is 0 Å². The summed E-state index contributed by atoms with van der Waals surface area (Å²) in [5, 5.41) is 8.69. The molecule has 0 atom stereocenters. The van der Waals surface area contributed by atoms with Gasteiger partial charge in [-0.1, -0.05) is 0 Å². The number of aromatic nitrogens is 2. The smallest absolute Gasteiger partial charge is 0.377 e. The molecule has 0 spiro atoms. The highest BCUT2D eigenvalue weighted by Crippen LogP contribution is 2.34. The first-order valence-electron chi connectivity index (χ1n) is 2.48. The van der Waals surface area contributed by atoms with E-state index in [1.807, 2.05) is 0 Å². The van der Waals surface area contributed by atoms with E-state index in [9.17, 15) is 9.36 Å². The Bertz CT molecular complexity index is 358. The Kier molecular flexibility index (Phi) is 1.63. The third-order valence-corrected chi connectivity index (χ3v) is 1.89. The van der Waals surface area contributed by atoms with Gasteiger partial charge in [-0.25, -0.2) is 4.79 Å². The van der Waals surface area contributed by atoms with Gasteiger partial charge in [0.05, 0.1) is 0 Å². The molecule has 1 rings (SSSR count). The summed E-state index contributed by atoms with van der Waals surface area (Å²) >= 11 is 0. The first-order valence-corrected chi connectivity index (χ1v) is 4.10. The van der Waals surface area contributed by atoms with Gasteiger partial charge in [0, 0.05) is 0 Å². The number of hydrogen-bond acceptors (Lipinski definition) is 3. The average molecular weight is 180 g/mol. The van der Waals surface area contributed by atoms with Crippen LogP contribution in [0.4, 0.5) is 0 Å². The summed E-state index contributed by atoms with van der Waals surface area (Å²) in [6.07, 6.45) is 0. The predicted octanol–water partition coefficient (Wildman–Crippen LogP) is -1.79. The van der Waals surface area contributed by atoms with Gasteiger partial charge in [0.2, 0.25) is 5.88 Å². The molecule has 0 bridgehead atoms. The first-order chi connectivity index (χ1) is 4.91. The largest absolute Gasteiger partial charge is 0.493 e. The zero-order valence-corrected chi connectivity index (χ0v) is 6.00. The maximum Gasteiger partial charge on any atom is 0.377 e. The fourth-order valence-corrected chi connectivity index (χ4v) is 1.15. The third-order valence-electron chi connectivity index (χ3n) is 0.979. The highest BCUT2D eigenvalue weighted by Gasteiger charge is 2.24.